The minimum absolute atomic E-state index is 0.0747. The van der Waals surface area contributed by atoms with E-state index in [1.807, 2.05) is 41.5 Å². The Morgan fingerprint density at radius 1 is 0.360 bits per heavy atom. The second kappa shape index (κ2) is 52.2. The molecule has 8 N–H and O–H groups in total. The van der Waals surface area contributed by atoms with Crippen molar-refractivity contribution in [1.29, 1.82) is 0 Å². The lowest BCUT2D eigenvalue weighted by atomic mass is 10.1. The van der Waals surface area contributed by atoms with E-state index < -0.39 is 154 Å². The molecule has 2 fully saturated rings. The van der Waals surface area contributed by atoms with Crippen LogP contribution in [0, 0.1) is 25.5 Å². The minimum Gasteiger partial charge on any atom is -0.494 e. The zero-order valence-corrected chi connectivity index (χ0v) is 89.3. The van der Waals surface area contributed by atoms with Crippen LogP contribution in [0.5, 0.6) is 69.5 Å². The number of anilines is 6. The van der Waals surface area contributed by atoms with E-state index >= 15 is 0 Å². The lowest BCUT2D eigenvalue weighted by Crippen LogP contribution is -2.45. The van der Waals surface area contributed by atoms with Crippen molar-refractivity contribution in [3.63, 3.8) is 0 Å². The van der Waals surface area contributed by atoms with Gasteiger partial charge in [0.2, 0.25) is 63.6 Å². The summed E-state index contributed by atoms with van der Waals surface area (Å²) >= 11 is 0. The Hall–Kier alpha value is -15.1. The number of pyridine rings is 2. The molecule has 8 aromatic heterocycles. The van der Waals surface area contributed by atoms with E-state index in [9.17, 15) is 82.1 Å². The maximum atomic E-state index is 13.9. The summed E-state index contributed by atoms with van der Waals surface area (Å²) in [6, 6.07) is 25.4. The van der Waals surface area contributed by atoms with Gasteiger partial charge in [-0.05, 0) is 149 Å². The topological polar surface area (TPSA) is 563 Å². The molecular formula is C100H126F2N20O24S4. The molecule has 0 unspecified atom stereocenters. The highest BCUT2D eigenvalue weighted by Crippen LogP contribution is 2.41. The number of nitrogens with zero attached hydrogens (tertiary/aromatic N) is 16. The summed E-state index contributed by atoms with van der Waals surface area (Å²) in [4.78, 5) is 100. The molecule has 4 atom stereocenters. The molecule has 150 heavy (non-hydrogen) atoms. The average Bonchev–Trinajstić information content (AvgIpc) is 0.799. The van der Waals surface area contributed by atoms with E-state index in [0.717, 1.165) is 49.2 Å². The third kappa shape index (κ3) is 28.1. The van der Waals surface area contributed by atoms with Gasteiger partial charge in [-0.2, -0.15) is 19.9 Å². The number of aromatic hydroxyl groups is 4. The minimum atomic E-state index is -4.16. The summed E-state index contributed by atoms with van der Waals surface area (Å²) in [5.41, 5.74) is -2.81. The number of aryl methyl sites for hydroxylation is 6. The Labute approximate surface area is 867 Å². The number of piperidine rings is 2. The second-order valence-corrected chi connectivity index (χ2v) is 42.6. The van der Waals surface area contributed by atoms with Crippen LogP contribution in [0.25, 0.3) is 22.7 Å². The van der Waals surface area contributed by atoms with Crippen LogP contribution in [0.4, 0.5) is 43.2 Å². The maximum absolute atomic E-state index is 13.9. The number of para-hydroxylation sites is 4. The number of halogens is 2. The van der Waals surface area contributed by atoms with Gasteiger partial charge < -0.3 is 68.1 Å². The normalized spacial score (nSPS) is 14.0. The molecule has 2 saturated heterocycles. The van der Waals surface area contributed by atoms with Crippen molar-refractivity contribution in [3.05, 3.63) is 233 Å². The highest BCUT2D eigenvalue weighted by Gasteiger charge is 2.39. The molecule has 0 bridgehead atoms. The zero-order valence-electron chi connectivity index (χ0n) is 86.1. The fraction of sp³-hybridized carbons (Fsp3) is 0.420. The van der Waals surface area contributed by atoms with Crippen LogP contribution >= 0.6 is 0 Å². The van der Waals surface area contributed by atoms with Crippen LogP contribution in [-0.2, 0) is 65.8 Å². The summed E-state index contributed by atoms with van der Waals surface area (Å²) < 4.78 is 190. The first-order chi connectivity index (χ1) is 71.6. The van der Waals surface area contributed by atoms with Crippen LogP contribution in [0.2, 0.25) is 0 Å². The number of aromatic nitrogens is 14. The van der Waals surface area contributed by atoms with Gasteiger partial charge in [0.1, 0.15) is 127 Å². The predicted molar refractivity (Wildman–Crippen MR) is 562 cm³/mol. The van der Waals surface area contributed by atoms with Gasteiger partial charge in [-0.1, -0.05) is 91.5 Å². The number of rotatable bonds is 42. The summed E-state index contributed by atoms with van der Waals surface area (Å²) in [6.07, 6.45) is 17.6. The largest absolute Gasteiger partial charge is 0.494 e. The van der Waals surface area contributed by atoms with Crippen LogP contribution in [-0.4, -0.2) is 227 Å². The lowest BCUT2D eigenvalue weighted by Gasteiger charge is -2.33. The Bertz CT molecular complexity index is 6930. The molecule has 0 radical (unpaired) electrons. The van der Waals surface area contributed by atoms with Gasteiger partial charge in [-0.15, -0.1) is 0 Å². The van der Waals surface area contributed by atoms with Crippen molar-refractivity contribution in [2.45, 2.75) is 180 Å². The standard InChI is InChI=1S/2C26H32FN5O6S.2C24H31N5O6S/c2*1-4-5-11-22-29-25(33)23(26(34)32(22)24-19(37-2)9-6-10-20(24)38-3)30-39(35,36)18-8-7-14-31(16-18)21-13-12-17(27)15-28-21;2*1-6-7-11-19-27-23(30)20(24(31)29(19)21-17(34-4)9-8-10-18(21)35-5)28-36(32,33)14-16(3)22-25-12-15(2)13-26-22/h2*6,9-10,12-13,15,18,30,33H,4-5,7-8,11,14,16H2,1-3H3;2*8-10,12-13,16,28,30H,6-7,11,14H2,1-5H3/t2*18-;2*16-/m1010/s1. The first kappa shape index (κ1) is 115. The number of unbranched alkanes of at least 4 members (excludes halogenated alkanes) is 4. The molecular weight excluding hydrogens is 2030 g/mol. The molecule has 44 nitrogen and oxygen atoms in total. The van der Waals surface area contributed by atoms with E-state index in [1.165, 1.54) is 99.4 Å². The number of hydrogen-bond donors (Lipinski definition) is 8. The van der Waals surface area contributed by atoms with Crippen molar-refractivity contribution >= 4 is 74.5 Å². The van der Waals surface area contributed by atoms with Gasteiger partial charge in [-0.25, -0.2) is 72.4 Å². The highest BCUT2D eigenvalue weighted by molar-refractivity contribution is 7.94. The molecule has 10 heterocycles. The Morgan fingerprint density at radius 3 is 0.820 bits per heavy atom. The van der Waals surface area contributed by atoms with Gasteiger partial charge in [0.25, 0.3) is 22.2 Å². The maximum Gasteiger partial charge on any atom is 0.286 e. The summed E-state index contributed by atoms with van der Waals surface area (Å²) in [7, 11) is -4.98. The van der Waals surface area contributed by atoms with Crippen LogP contribution in [0.3, 0.4) is 0 Å². The fourth-order valence-electron chi connectivity index (χ4n) is 16.6. The Kier molecular flexibility index (Phi) is 40.1. The monoisotopic (exact) mass is 2160 g/mol. The van der Waals surface area contributed by atoms with Crippen LogP contribution in [0.1, 0.15) is 177 Å². The summed E-state index contributed by atoms with van der Waals surface area (Å²) in [6.45, 7) is 16.1. The van der Waals surface area contributed by atoms with Crippen molar-refractivity contribution in [3.8, 4) is 92.3 Å². The van der Waals surface area contributed by atoms with Crippen molar-refractivity contribution in [2.24, 2.45) is 0 Å². The first-order valence-corrected chi connectivity index (χ1v) is 54.6. The molecule has 14 rings (SSSR count). The third-order valence-corrected chi connectivity index (χ3v) is 30.6. The third-order valence-electron chi connectivity index (χ3n) is 24.2. The molecule has 12 aromatic rings. The SMILES string of the molecule is CCCCc1nc(O)c(NS(=O)(=O)C[C@@H](C)c2ncc(C)cn2)c(=O)n1-c1c(OC)cccc1OC.CCCCc1nc(O)c(NS(=O)(=O)C[C@H](C)c2ncc(C)cn2)c(=O)n1-c1c(OC)cccc1OC.CCCCc1nc(O)c(NS(=O)(=O)[C@@H]2CCCN(c3ccc(F)cn3)C2)c(=O)n1-c1c(OC)cccc1OC.CCCCc1nc(O)c(NS(=O)(=O)[C@H]2CCCN(c3ccc(F)cn3)C2)c(=O)n1-c1c(OC)cccc1OC. The molecule has 0 amide bonds. The van der Waals surface area contributed by atoms with Crippen molar-refractivity contribution in [2.75, 3.05) is 123 Å². The Balaban J connectivity index is 0.000000190. The van der Waals surface area contributed by atoms with E-state index in [0.29, 0.717) is 159 Å². The number of sulfonamides is 4. The van der Waals surface area contributed by atoms with E-state index in [2.05, 4.69) is 68.7 Å². The van der Waals surface area contributed by atoms with Crippen molar-refractivity contribution in [1.82, 2.24) is 68.1 Å². The zero-order chi connectivity index (χ0) is 109. The molecule has 0 aliphatic carbocycles. The number of methoxy groups -OCH3 is 8. The Morgan fingerprint density at radius 2 is 0.600 bits per heavy atom. The quantitative estimate of drug-likeness (QED) is 0.0176. The highest BCUT2D eigenvalue weighted by atomic mass is 32.2. The fourth-order valence-corrected chi connectivity index (χ4v) is 22.3. The van der Waals surface area contributed by atoms with Crippen molar-refractivity contribution < 1.29 is 101 Å². The average molecular weight is 2160 g/mol. The number of ether oxygens (including phenoxy) is 8. The van der Waals surface area contributed by atoms with Gasteiger partial charge in [0.05, 0.1) is 91.3 Å². The predicted octanol–water partition coefficient (Wildman–Crippen LogP) is 12.4. The van der Waals surface area contributed by atoms with E-state index in [-0.39, 0.29) is 59.1 Å². The smallest absolute Gasteiger partial charge is 0.286 e. The number of benzene rings is 4. The molecule has 4 aromatic carbocycles. The first-order valence-electron chi connectivity index (χ1n) is 48.2. The van der Waals surface area contributed by atoms with E-state index in [1.54, 1.807) is 121 Å². The lowest BCUT2D eigenvalue weighted by molar-refractivity contribution is 0.388. The molecule has 2 aliphatic rings. The van der Waals surface area contributed by atoms with Gasteiger partial charge in [0.15, 0.2) is 22.7 Å². The van der Waals surface area contributed by atoms with Gasteiger partial charge in [-0.3, -0.25) is 56.3 Å². The molecule has 0 saturated carbocycles. The second-order valence-electron chi connectivity index (χ2n) is 35.1. The number of hydrogen-bond acceptors (Lipinski definition) is 36. The summed E-state index contributed by atoms with van der Waals surface area (Å²) in [5.74, 6) is -0.730. The van der Waals surface area contributed by atoms with Gasteiger partial charge in [0, 0.05) is 88.5 Å². The van der Waals surface area contributed by atoms with Crippen LogP contribution in [0.15, 0.2) is 153 Å². The van der Waals surface area contributed by atoms with E-state index in [4.69, 9.17) is 37.9 Å². The molecule has 2 aliphatic heterocycles. The molecule has 808 valence electrons. The van der Waals surface area contributed by atoms with Crippen LogP contribution < -0.4 is 88.8 Å². The number of nitrogens with one attached hydrogen (secondary N) is 4. The molecule has 0 spiro atoms. The molecule has 50 heteroatoms. The van der Waals surface area contributed by atoms with Gasteiger partial charge >= 0.3 is 0 Å². The summed E-state index contributed by atoms with van der Waals surface area (Å²) in [5, 5.41) is 40.8.